The molecule has 0 fully saturated rings. The Kier molecular flexibility index (Phi) is 3.74. The van der Waals surface area contributed by atoms with Crippen LogP contribution in [0.4, 0.5) is 5.82 Å². The number of anilines is 1. The molecule has 3 rings (SSSR count). The van der Waals surface area contributed by atoms with Crippen LogP contribution in [0.15, 0.2) is 6.20 Å². The first-order chi connectivity index (χ1) is 10.5. The molecular weight excluding hydrogens is 304 g/mol. The first-order valence-electron chi connectivity index (χ1n) is 6.99. The van der Waals surface area contributed by atoms with E-state index in [1.54, 1.807) is 4.90 Å². The summed E-state index contributed by atoms with van der Waals surface area (Å²) in [5, 5.41) is 6.79. The molecule has 0 saturated carbocycles. The van der Waals surface area contributed by atoms with Gasteiger partial charge in [0.25, 0.3) is 5.91 Å². The van der Waals surface area contributed by atoms with Crippen LogP contribution in [-0.4, -0.2) is 51.6 Å². The van der Waals surface area contributed by atoms with E-state index in [9.17, 15) is 4.79 Å². The number of H-pyrrole nitrogens is 1. The maximum absolute atomic E-state index is 12.5. The largest absolute Gasteiger partial charge is 0.362 e. The fourth-order valence-corrected chi connectivity index (χ4v) is 2.83. The van der Waals surface area contributed by atoms with Crippen molar-refractivity contribution in [1.82, 2.24) is 25.1 Å². The average Bonchev–Trinajstić information content (AvgIpc) is 2.90. The van der Waals surface area contributed by atoms with E-state index in [4.69, 9.17) is 11.6 Å². The van der Waals surface area contributed by atoms with Gasteiger partial charge in [0.1, 0.15) is 17.3 Å². The lowest BCUT2D eigenvalue weighted by Crippen LogP contribution is -2.37. The van der Waals surface area contributed by atoms with Gasteiger partial charge >= 0.3 is 0 Å². The summed E-state index contributed by atoms with van der Waals surface area (Å²) in [6, 6.07) is 0. The molecule has 22 heavy (non-hydrogen) atoms. The Morgan fingerprint density at radius 3 is 2.82 bits per heavy atom. The maximum Gasteiger partial charge on any atom is 0.273 e. The third kappa shape index (κ3) is 2.52. The van der Waals surface area contributed by atoms with E-state index in [-0.39, 0.29) is 5.91 Å². The van der Waals surface area contributed by atoms with Crippen LogP contribution in [0, 0.1) is 6.92 Å². The summed E-state index contributed by atoms with van der Waals surface area (Å²) >= 11 is 5.97. The molecule has 7 nitrogen and oxygen atoms in total. The van der Waals surface area contributed by atoms with E-state index in [0.717, 1.165) is 23.5 Å². The second-order valence-corrected chi connectivity index (χ2v) is 5.89. The number of aromatic nitrogens is 4. The van der Waals surface area contributed by atoms with Crippen LogP contribution in [0.1, 0.15) is 27.6 Å². The Labute approximate surface area is 133 Å². The van der Waals surface area contributed by atoms with Crippen molar-refractivity contribution in [2.45, 2.75) is 19.9 Å². The number of nitrogens with zero attached hydrogens (tertiary/aromatic N) is 5. The number of amides is 1. The van der Waals surface area contributed by atoms with E-state index >= 15 is 0 Å². The number of fused-ring (bicyclic) bond motifs is 1. The van der Waals surface area contributed by atoms with E-state index in [2.05, 4.69) is 20.2 Å². The van der Waals surface area contributed by atoms with Gasteiger partial charge in [-0.15, -0.1) is 0 Å². The molecule has 1 aliphatic rings. The predicted octanol–water partition coefficient (Wildman–Crippen LogP) is 1.43. The molecule has 1 N–H and O–H groups in total. The zero-order valence-corrected chi connectivity index (χ0v) is 13.5. The molecule has 1 amide bonds. The summed E-state index contributed by atoms with van der Waals surface area (Å²) in [4.78, 5) is 25.2. The van der Waals surface area contributed by atoms with Gasteiger partial charge in [0.2, 0.25) is 0 Å². The second kappa shape index (κ2) is 5.57. The zero-order valence-electron chi connectivity index (χ0n) is 12.7. The van der Waals surface area contributed by atoms with Crippen molar-refractivity contribution in [2.24, 2.45) is 0 Å². The van der Waals surface area contributed by atoms with Crippen LogP contribution in [0.25, 0.3) is 0 Å². The van der Waals surface area contributed by atoms with Crippen molar-refractivity contribution in [3.63, 3.8) is 0 Å². The van der Waals surface area contributed by atoms with Crippen LogP contribution >= 0.6 is 11.6 Å². The highest BCUT2D eigenvalue weighted by molar-refractivity contribution is 6.33. The molecule has 0 radical (unpaired) electrons. The molecule has 2 aromatic rings. The molecule has 1 aliphatic heterocycles. The van der Waals surface area contributed by atoms with E-state index in [1.165, 1.54) is 6.20 Å². The lowest BCUT2D eigenvalue weighted by Gasteiger charge is -2.30. The quantitative estimate of drug-likeness (QED) is 0.905. The van der Waals surface area contributed by atoms with Crippen molar-refractivity contribution in [1.29, 1.82) is 0 Å². The number of carbonyl (C=O) groups excluding carboxylic acids is 1. The summed E-state index contributed by atoms with van der Waals surface area (Å²) in [6.07, 6.45) is 2.16. The smallest absolute Gasteiger partial charge is 0.273 e. The molecule has 0 atom stereocenters. The molecule has 2 aromatic heterocycles. The van der Waals surface area contributed by atoms with Crippen molar-refractivity contribution < 1.29 is 4.79 Å². The monoisotopic (exact) mass is 320 g/mol. The standard InChI is InChI=1S/C14H17ClN6O/c1-8-17-11-7-21(14(22)12-10(15)6-16-19-12)5-4-9(11)13(18-8)20(2)3/h6H,4-5,7H2,1-3H3,(H,16,19). The van der Waals surface area contributed by atoms with Gasteiger partial charge in [0, 0.05) is 26.2 Å². The molecule has 0 saturated heterocycles. The second-order valence-electron chi connectivity index (χ2n) is 5.48. The number of nitrogens with one attached hydrogen (secondary N) is 1. The lowest BCUT2D eigenvalue weighted by molar-refractivity contribution is 0.0726. The minimum absolute atomic E-state index is 0.157. The van der Waals surface area contributed by atoms with Crippen molar-refractivity contribution in [2.75, 3.05) is 25.5 Å². The predicted molar refractivity (Wildman–Crippen MR) is 83.1 cm³/mol. The fourth-order valence-electron chi connectivity index (χ4n) is 2.65. The number of carbonyl (C=O) groups is 1. The number of aromatic amines is 1. The van der Waals surface area contributed by atoms with E-state index < -0.39 is 0 Å². The summed E-state index contributed by atoms with van der Waals surface area (Å²) in [5.41, 5.74) is 2.32. The van der Waals surface area contributed by atoms with Crippen molar-refractivity contribution in [3.8, 4) is 0 Å². The van der Waals surface area contributed by atoms with Gasteiger partial charge in [-0.25, -0.2) is 9.97 Å². The third-order valence-corrected chi connectivity index (χ3v) is 3.96. The van der Waals surface area contributed by atoms with Crippen LogP contribution in [0.3, 0.4) is 0 Å². The Morgan fingerprint density at radius 2 is 2.18 bits per heavy atom. The Hall–Kier alpha value is -2.15. The normalized spacial score (nSPS) is 13.9. The summed E-state index contributed by atoms with van der Waals surface area (Å²) in [5.74, 6) is 1.47. The number of hydrogen-bond acceptors (Lipinski definition) is 5. The van der Waals surface area contributed by atoms with Gasteiger partial charge in [-0.2, -0.15) is 5.10 Å². The van der Waals surface area contributed by atoms with Crippen LogP contribution in [0.2, 0.25) is 5.02 Å². The van der Waals surface area contributed by atoms with Crippen molar-refractivity contribution in [3.05, 3.63) is 34.0 Å². The van der Waals surface area contributed by atoms with E-state index in [0.29, 0.717) is 29.6 Å². The molecule has 0 aliphatic carbocycles. The lowest BCUT2D eigenvalue weighted by atomic mass is 10.0. The molecule has 3 heterocycles. The van der Waals surface area contributed by atoms with Crippen LogP contribution in [0.5, 0.6) is 0 Å². The highest BCUT2D eigenvalue weighted by atomic mass is 35.5. The minimum atomic E-state index is -0.157. The molecule has 0 aromatic carbocycles. The summed E-state index contributed by atoms with van der Waals surface area (Å²) in [7, 11) is 3.92. The Bertz CT molecular complexity index is 726. The fraction of sp³-hybridized carbons (Fsp3) is 0.429. The van der Waals surface area contributed by atoms with E-state index in [1.807, 2.05) is 25.9 Å². The molecule has 116 valence electrons. The molecule has 0 bridgehead atoms. The minimum Gasteiger partial charge on any atom is -0.362 e. The van der Waals surface area contributed by atoms with Gasteiger partial charge in [0.05, 0.1) is 23.5 Å². The molecular formula is C14H17ClN6O. The van der Waals surface area contributed by atoms with Gasteiger partial charge < -0.3 is 9.80 Å². The third-order valence-electron chi connectivity index (χ3n) is 3.67. The summed E-state index contributed by atoms with van der Waals surface area (Å²) < 4.78 is 0. The highest BCUT2D eigenvalue weighted by Gasteiger charge is 2.27. The first-order valence-corrected chi connectivity index (χ1v) is 7.37. The van der Waals surface area contributed by atoms with Crippen LogP contribution < -0.4 is 4.90 Å². The molecule has 0 spiro atoms. The van der Waals surface area contributed by atoms with Gasteiger partial charge in [-0.05, 0) is 13.3 Å². The SMILES string of the molecule is Cc1nc2c(c(N(C)C)n1)CCN(C(=O)c1[nH]ncc1Cl)C2. The van der Waals surface area contributed by atoms with Gasteiger partial charge in [-0.3, -0.25) is 9.89 Å². The number of rotatable bonds is 2. The number of aryl methyl sites for hydroxylation is 1. The highest BCUT2D eigenvalue weighted by Crippen LogP contribution is 2.26. The topological polar surface area (TPSA) is 78.0 Å². The Morgan fingerprint density at radius 1 is 1.41 bits per heavy atom. The number of halogens is 1. The maximum atomic E-state index is 12.5. The molecule has 8 heteroatoms. The van der Waals surface area contributed by atoms with Crippen molar-refractivity contribution >= 4 is 23.3 Å². The summed E-state index contributed by atoms with van der Waals surface area (Å²) in [6.45, 7) is 2.92. The van der Waals surface area contributed by atoms with Gasteiger partial charge in [0.15, 0.2) is 0 Å². The molecule has 0 unspecified atom stereocenters. The van der Waals surface area contributed by atoms with Gasteiger partial charge in [-0.1, -0.05) is 11.6 Å². The van der Waals surface area contributed by atoms with Crippen LogP contribution in [-0.2, 0) is 13.0 Å². The number of hydrogen-bond donors (Lipinski definition) is 1. The first kappa shape index (κ1) is 14.8. The zero-order chi connectivity index (χ0) is 15.9. The Balaban J connectivity index is 1.91. The average molecular weight is 321 g/mol.